The lowest BCUT2D eigenvalue weighted by Crippen LogP contribution is -2.47. The molecule has 78 valence electrons. The van der Waals surface area contributed by atoms with Crippen molar-refractivity contribution in [3.63, 3.8) is 0 Å². The summed E-state index contributed by atoms with van der Waals surface area (Å²) in [4.78, 5) is 25.0. The van der Waals surface area contributed by atoms with E-state index in [-0.39, 0.29) is 17.9 Å². The molecule has 1 aliphatic carbocycles. The first-order valence-electron chi connectivity index (χ1n) is 5.51. The van der Waals surface area contributed by atoms with E-state index in [1.54, 1.807) is 11.8 Å². The van der Waals surface area contributed by atoms with Crippen LogP contribution in [0.3, 0.4) is 0 Å². The molecule has 0 spiro atoms. The minimum atomic E-state index is -0.0891. The van der Waals surface area contributed by atoms with Gasteiger partial charge in [-0.25, -0.2) is 0 Å². The highest BCUT2D eigenvalue weighted by molar-refractivity contribution is 5.91. The molecule has 2 fully saturated rings. The molecule has 1 aliphatic heterocycles. The predicted octanol–water partition coefficient (Wildman–Crippen LogP) is 1.37. The number of carbonyl (C=O) groups is 2. The molecule has 1 atom stereocenters. The molecular weight excluding hydrogens is 178 g/mol. The van der Waals surface area contributed by atoms with Crippen LogP contribution in [0.1, 0.15) is 39.0 Å². The first kappa shape index (κ1) is 9.69. The third-order valence-electron chi connectivity index (χ3n) is 3.22. The van der Waals surface area contributed by atoms with Gasteiger partial charge in [0.1, 0.15) is 0 Å². The number of Topliss-reactive ketones (excluding diaryl/α,β-unsaturated/α-hetero) is 1. The number of nitrogens with zero attached hydrogens (tertiary/aromatic N) is 1. The molecule has 0 aromatic carbocycles. The monoisotopic (exact) mass is 195 g/mol. The molecule has 2 aliphatic rings. The Kier molecular flexibility index (Phi) is 2.57. The van der Waals surface area contributed by atoms with Gasteiger partial charge in [-0.1, -0.05) is 0 Å². The van der Waals surface area contributed by atoms with Crippen LogP contribution in [-0.4, -0.2) is 29.2 Å². The van der Waals surface area contributed by atoms with Crippen molar-refractivity contribution in [3.05, 3.63) is 0 Å². The van der Waals surface area contributed by atoms with Gasteiger partial charge in [0, 0.05) is 19.4 Å². The van der Waals surface area contributed by atoms with Crippen LogP contribution in [0.4, 0.5) is 0 Å². The molecule has 1 unspecified atom stereocenters. The van der Waals surface area contributed by atoms with E-state index in [1.165, 1.54) is 0 Å². The fourth-order valence-electron chi connectivity index (χ4n) is 2.24. The number of rotatable bonds is 2. The zero-order valence-electron chi connectivity index (χ0n) is 8.66. The summed E-state index contributed by atoms with van der Waals surface area (Å²) in [5, 5.41) is 0. The number of ketones is 1. The molecule has 0 aromatic rings. The predicted molar refractivity (Wildman–Crippen MR) is 52.8 cm³/mol. The van der Waals surface area contributed by atoms with Gasteiger partial charge in [-0.15, -0.1) is 0 Å². The molecular formula is C11H17NO2. The number of hydrogen-bond donors (Lipinski definition) is 0. The first-order chi connectivity index (χ1) is 6.70. The molecule has 0 N–H and O–H groups in total. The molecule has 1 saturated carbocycles. The lowest BCUT2D eigenvalue weighted by Gasteiger charge is -2.34. The molecule has 1 heterocycles. The number of hydrogen-bond acceptors (Lipinski definition) is 2. The largest absolute Gasteiger partial charge is 0.333 e. The van der Waals surface area contributed by atoms with E-state index in [9.17, 15) is 9.59 Å². The van der Waals surface area contributed by atoms with Crippen molar-refractivity contribution in [1.29, 1.82) is 0 Å². The molecule has 14 heavy (non-hydrogen) atoms. The zero-order chi connectivity index (χ0) is 10.1. The Morgan fingerprint density at radius 1 is 1.14 bits per heavy atom. The Labute approximate surface area is 84.5 Å². The van der Waals surface area contributed by atoms with Crippen LogP contribution in [0, 0.1) is 5.92 Å². The highest BCUT2D eigenvalue weighted by Gasteiger charge is 2.39. The van der Waals surface area contributed by atoms with Gasteiger partial charge in [-0.3, -0.25) is 9.59 Å². The van der Waals surface area contributed by atoms with Crippen molar-refractivity contribution in [3.8, 4) is 0 Å². The van der Waals surface area contributed by atoms with Crippen LogP contribution >= 0.6 is 0 Å². The maximum Gasteiger partial charge on any atom is 0.220 e. The van der Waals surface area contributed by atoms with Crippen molar-refractivity contribution in [2.24, 2.45) is 5.92 Å². The van der Waals surface area contributed by atoms with Crippen LogP contribution in [-0.2, 0) is 9.59 Å². The average molecular weight is 195 g/mol. The Morgan fingerprint density at radius 3 is 2.43 bits per heavy atom. The maximum absolute atomic E-state index is 11.9. The fourth-order valence-corrected chi connectivity index (χ4v) is 2.24. The van der Waals surface area contributed by atoms with Gasteiger partial charge in [-0.2, -0.15) is 0 Å². The number of carbonyl (C=O) groups excluding carboxylic acids is 2. The summed E-state index contributed by atoms with van der Waals surface area (Å²) in [6.45, 7) is 2.34. The van der Waals surface area contributed by atoms with Gasteiger partial charge in [-0.05, 0) is 32.1 Å². The minimum Gasteiger partial charge on any atom is -0.333 e. The third kappa shape index (κ3) is 1.81. The van der Waals surface area contributed by atoms with E-state index in [0.29, 0.717) is 5.78 Å². The number of amides is 1. The summed E-state index contributed by atoms with van der Waals surface area (Å²) in [6.07, 6.45) is 5.11. The summed E-state index contributed by atoms with van der Waals surface area (Å²) < 4.78 is 0. The van der Waals surface area contributed by atoms with Crippen LogP contribution in [0.15, 0.2) is 0 Å². The van der Waals surface area contributed by atoms with Crippen molar-refractivity contribution < 1.29 is 9.59 Å². The second kappa shape index (κ2) is 3.71. The van der Waals surface area contributed by atoms with Gasteiger partial charge >= 0.3 is 0 Å². The molecule has 2 rings (SSSR count). The Hall–Kier alpha value is -0.860. The van der Waals surface area contributed by atoms with E-state index in [2.05, 4.69) is 0 Å². The minimum absolute atomic E-state index is 0.0590. The SMILES string of the molecule is CC(=O)N1CCCCC1C(=O)C1CC1. The first-order valence-corrected chi connectivity index (χ1v) is 5.51. The summed E-state index contributed by atoms with van der Waals surface area (Å²) in [6, 6.07) is -0.0891. The normalized spacial score (nSPS) is 27.5. The Bertz CT molecular complexity index is 258. The molecule has 0 aromatic heterocycles. The molecule has 3 heteroatoms. The molecule has 3 nitrogen and oxygen atoms in total. The van der Waals surface area contributed by atoms with Crippen LogP contribution in [0.2, 0.25) is 0 Å². The van der Waals surface area contributed by atoms with Crippen molar-refractivity contribution in [1.82, 2.24) is 4.90 Å². The molecule has 1 saturated heterocycles. The van der Waals surface area contributed by atoms with Crippen molar-refractivity contribution in [2.45, 2.75) is 45.1 Å². The maximum atomic E-state index is 11.9. The molecule has 1 amide bonds. The van der Waals surface area contributed by atoms with E-state index < -0.39 is 0 Å². The van der Waals surface area contributed by atoms with Crippen LogP contribution in [0.25, 0.3) is 0 Å². The van der Waals surface area contributed by atoms with Gasteiger partial charge in [0.2, 0.25) is 5.91 Å². The van der Waals surface area contributed by atoms with E-state index in [0.717, 1.165) is 38.6 Å². The average Bonchev–Trinajstić information content (AvgIpc) is 3.00. The standard InChI is InChI=1S/C11H17NO2/c1-8(13)12-7-3-2-4-10(12)11(14)9-5-6-9/h9-10H,2-7H2,1H3. The summed E-state index contributed by atoms with van der Waals surface area (Å²) in [5.74, 6) is 0.656. The number of piperidine rings is 1. The Morgan fingerprint density at radius 2 is 1.86 bits per heavy atom. The van der Waals surface area contributed by atoms with Crippen molar-refractivity contribution in [2.75, 3.05) is 6.54 Å². The summed E-state index contributed by atoms with van der Waals surface area (Å²) >= 11 is 0. The zero-order valence-corrected chi connectivity index (χ0v) is 8.66. The third-order valence-corrected chi connectivity index (χ3v) is 3.22. The highest BCUT2D eigenvalue weighted by Crippen LogP contribution is 2.34. The fraction of sp³-hybridized carbons (Fsp3) is 0.818. The summed E-state index contributed by atoms with van der Waals surface area (Å²) in [7, 11) is 0. The lowest BCUT2D eigenvalue weighted by molar-refractivity contribution is -0.140. The van der Waals surface area contributed by atoms with Gasteiger partial charge in [0.15, 0.2) is 5.78 Å². The lowest BCUT2D eigenvalue weighted by atomic mass is 9.96. The second-order valence-electron chi connectivity index (χ2n) is 4.40. The van der Waals surface area contributed by atoms with Crippen LogP contribution < -0.4 is 0 Å². The van der Waals surface area contributed by atoms with E-state index in [4.69, 9.17) is 0 Å². The molecule has 0 bridgehead atoms. The molecule has 0 radical (unpaired) electrons. The van der Waals surface area contributed by atoms with Gasteiger partial charge in [0.05, 0.1) is 6.04 Å². The van der Waals surface area contributed by atoms with E-state index in [1.807, 2.05) is 0 Å². The highest BCUT2D eigenvalue weighted by atomic mass is 16.2. The number of likely N-dealkylation sites (tertiary alicyclic amines) is 1. The van der Waals surface area contributed by atoms with E-state index >= 15 is 0 Å². The topological polar surface area (TPSA) is 37.4 Å². The quantitative estimate of drug-likeness (QED) is 0.667. The van der Waals surface area contributed by atoms with Gasteiger partial charge in [0.25, 0.3) is 0 Å². The van der Waals surface area contributed by atoms with Gasteiger partial charge < -0.3 is 4.90 Å². The van der Waals surface area contributed by atoms with Crippen LogP contribution in [0.5, 0.6) is 0 Å². The smallest absolute Gasteiger partial charge is 0.220 e. The second-order valence-corrected chi connectivity index (χ2v) is 4.40. The van der Waals surface area contributed by atoms with Crippen molar-refractivity contribution >= 4 is 11.7 Å². The summed E-state index contributed by atoms with van der Waals surface area (Å²) in [5.41, 5.74) is 0. The Balaban J connectivity index is 2.05.